The lowest BCUT2D eigenvalue weighted by Gasteiger charge is -2.41. The summed E-state index contributed by atoms with van der Waals surface area (Å²) in [7, 11) is 0. The quantitative estimate of drug-likeness (QED) is 0.0195. The standard InChI is InChI=1S/C69H115NO10/c1-4-7-10-13-16-19-22-25-27-29-30-31-32-33-34-35-37-39-42-45-48-51-54-57-64(74)80-67-66(76)65(75)63(58-71)79-69(67)78-59-60(61(72)55-52-49-46-43-40-24-21-18-15-12-9-6-3)70-68(77)62(73)56-53-50-47-44-41-38-36-28-26-23-20-17-14-11-8-5-2/h8,11,16-17,19-20,25-28,30-31,33-34,38,41,47,50,52,55,60-63,65-67,69,71-73,75-76H,4-7,9-10,12-15,18,21-24,29,32,35-37,39-40,42-46,48-49,51,53-54,56-59H2,1-3H3,(H,70,77)/b11-8-,19-16-,20-17-,27-25-,28-26-,31-30-,34-33-,41-38-,50-47-,55-52+. The van der Waals surface area contributed by atoms with Crippen LogP contribution >= 0.6 is 0 Å². The van der Waals surface area contributed by atoms with Crippen LogP contribution in [0.15, 0.2) is 122 Å². The van der Waals surface area contributed by atoms with Gasteiger partial charge in [-0.1, -0.05) is 245 Å². The van der Waals surface area contributed by atoms with Crippen molar-refractivity contribution in [1.82, 2.24) is 5.32 Å². The van der Waals surface area contributed by atoms with Gasteiger partial charge in [0.15, 0.2) is 12.4 Å². The van der Waals surface area contributed by atoms with E-state index in [4.69, 9.17) is 14.2 Å². The maximum Gasteiger partial charge on any atom is 0.306 e. The number of nitrogens with one attached hydrogen (secondary N) is 1. The van der Waals surface area contributed by atoms with E-state index in [9.17, 15) is 35.1 Å². The van der Waals surface area contributed by atoms with Crippen LogP contribution in [-0.4, -0.2) is 99.6 Å². The van der Waals surface area contributed by atoms with Crippen LogP contribution in [0.3, 0.4) is 0 Å². The van der Waals surface area contributed by atoms with E-state index in [0.29, 0.717) is 12.8 Å². The van der Waals surface area contributed by atoms with Crippen LogP contribution in [-0.2, 0) is 23.8 Å². The minimum absolute atomic E-state index is 0.0975. The summed E-state index contributed by atoms with van der Waals surface area (Å²) in [5, 5.41) is 56.9. The maximum atomic E-state index is 13.4. The molecule has 0 spiro atoms. The molecule has 1 heterocycles. The number of esters is 1. The average molecular weight is 1120 g/mol. The molecule has 6 N–H and O–H groups in total. The van der Waals surface area contributed by atoms with Crippen molar-refractivity contribution in [3.8, 4) is 0 Å². The van der Waals surface area contributed by atoms with Crippen molar-refractivity contribution < 1.29 is 49.3 Å². The predicted molar refractivity (Wildman–Crippen MR) is 333 cm³/mol. The number of ether oxygens (including phenoxy) is 3. The van der Waals surface area contributed by atoms with Crippen molar-refractivity contribution in [2.24, 2.45) is 0 Å². The third kappa shape index (κ3) is 42.8. The zero-order chi connectivity index (χ0) is 58.2. The molecule has 0 radical (unpaired) electrons. The summed E-state index contributed by atoms with van der Waals surface area (Å²) in [6.07, 6.45) is 66.7. The number of carbonyl (C=O) groups excluding carboxylic acids is 2. The number of carbonyl (C=O) groups is 2. The van der Waals surface area contributed by atoms with Gasteiger partial charge in [-0.2, -0.15) is 0 Å². The fourth-order valence-electron chi connectivity index (χ4n) is 9.08. The molecule has 0 saturated carbocycles. The first-order valence-electron chi connectivity index (χ1n) is 31.8. The number of aliphatic hydroxyl groups excluding tert-OH is 5. The highest BCUT2D eigenvalue weighted by Gasteiger charge is 2.47. The summed E-state index contributed by atoms with van der Waals surface area (Å²) >= 11 is 0. The van der Waals surface area contributed by atoms with Crippen molar-refractivity contribution >= 4 is 11.9 Å². The Labute approximate surface area is 487 Å². The summed E-state index contributed by atoms with van der Waals surface area (Å²) in [5.74, 6) is -1.28. The molecule has 0 aromatic carbocycles. The lowest BCUT2D eigenvalue weighted by Crippen LogP contribution is -2.61. The summed E-state index contributed by atoms with van der Waals surface area (Å²) < 4.78 is 17.6. The Morgan fingerprint density at radius 3 is 1.38 bits per heavy atom. The molecule has 0 aromatic heterocycles. The highest BCUT2D eigenvalue weighted by molar-refractivity contribution is 5.80. The zero-order valence-electron chi connectivity index (χ0n) is 50.4. The molecule has 8 unspecified atom stereocenters. The van der Waals surface area contributed by atoms with Crippen LogP contribution in [0.4, 0.5) is 0 Å². The minimum atomic E-state index is -1.64. The van der Waals surface area contributed by atoms with Crippen molar-refractivity contribution in [3.05, 3.63) is 122 Å². The molecule has 0 aromatic rings. The fraction of sp³-hybridized carbons (Fsp3) is 0.681. The largest absolute Gasteiger partial charge is 0.454 e. The molecule has 8 atom stereocenters. The van der Waals surface area contributed by atoms with Crippen molar-refractivity contribution in [3.63, 3.8) is 0 Å². The molecule has 1 amide bonds. The Bertz CT molecular complexity index is 1760. The van der Waals surface area contributed by atoms with Gasteiger partial charge in [0.25, 0.3) is 0 Å². The maximum absolute atomic E-state index is 13.4. The van der Waals surface area contributed by atoms with Crippen molar-refractivity contribution in [1.29, 1.82) is 0 Å². The Kier molecular flexibility index (Phi) is 51.5. The van der Waals surface area contributed by atoms with Gasteiger partial charge >= 0.3 is 5.97 Å². The van der Waals surface area contributed by atoms with E-state index in [2.05, 4.69) is 123 Å². The molecule has 11 heteroatoms. The summed E-state index contributed by atoms with van der Waals surface area (Å²) in [6.45, 7) is 5.59. The molecule has 1 aliphatic rings. The fourth-order valence-corrected chi connectivity index (χ4v) is 9.08. The van der Waals surface area contributed by atoms with Crippen LogP contribution in [0.1, 0.15) is 239 Å². The van der Waals surface area contributed by atoms with Gasteiger partial charge < -0.3 is 45.1 Å². The molecule has 1 saturated heterocycles. The molecule has 456 valence electrons. The second kappa shape index (κ2) is 55.6. The van der Waals surface area contributed by atoms with E-state index in [-0.39, 0.29) is 19.4 Å². The summed E-state index contributed by atoms with van der Waals surface area (Å²) in [6, 6.07) is -1.06. The second-order valence-corrected chi connectivity index (χ2v) is 21.4. The van der Waals surface area contributed by atoms with E-state index in [1.165, 1.54) is 70.6 Å². The molecular weight excluding hydrogens is 1000 g/mol. The monoisotopic (exact) mass is 1120 g/mol. The lowest BCUT2D eigenvalue weighted by molar-refractivity contribution is -0.305. The topological polar surface area (TPSA) is 175 Å². The van der Waals surface area contributed by atoms with Crippen molar-refractivity contribution in [2.75, 3.05) is 13.2 Å². The van der Waals surface area contributed by atoms with Crippen LogP contribution in [0.2, 0.25) is 0 Å². The van der Waals surface area contributed by atoms with E-state index >= 15 is 0 Å². The predicted octanol–water partition coefficient (Wildman–Crippen LogP) is 15.4. The van der Waals surface area contributed by atoms with Gasteiger partial charge in [0.05, 0.1) is 25.4 Å². The van der Waals surface area contributed by atoms with Gasteiger partial charge in [-0.25, -0.2) is 0 Å². The Morgan fingerprint density at radius 1 is 0.500 bits per heavy atom. The Balaban J connectivity index is 2.69. The van der Waals surface area contributed by atoms with Gasteiger partial charge in [0, 0.05) is 6.42 Å². The summed E-state index contributed by atoms with van der Waals surface area (Å²) in [5.41, 5.74) is 0. The number of allylic oxidation sites excluding steroid dienone is 19. The van der Waals surface area contributed by atoms with Gasteiger partial charge in [0.1, 0.15) is 24.4 Å². The average Bonchev–Trinajstić information content (AvgIpc) is 3.46. The molecular formula is C69H115NO10. The third-order valence-electron chi connectivity index (χ3n) is 14.1. The van der Waals surface area contributed by atoms with E-state index in [0.717, 1.165) is 122 Å². The zero-order valence-corrected chi connectivity index (χ0v) is 50.4. The number of hydrogen-bond acceptors (Lipinski definition) is 10. The molecule has 0 bridgehead atoms. The van der Waals surface area contributed by atoms with Gasteiger partial charge in [0.2, 0.25) is 5.91 Å². The Morgan fingerprint density at radius 2 is 0.900 bits per heavy atom. The molecule has 0 aliphatic carbocycles. The first-order chi connectivity index (χ1) is 39.2. The number of unbranched alkanes of at least 4 members (excludes halogenated alkanes) is 20. The van der Waals surface area contributed by atoms with Gasteiger partial charge in [-0.15, -0.1) is 0 Å². The van der Waals surface area contributed by atoms with Crippen molar-refractivity contribution in [2.45, 2.75) is 288 Å². The Hall–Kier alpha value is -3.94. The normalized spacial score (nSPS) is 19.6. The first kappa shape index (κ1) is 74.1. The number of amides is 1. The van der Waals surface area contributed by atoms with Crippen LogP contribution in [0, 0.1) is 0 Å². The van der Waals surface area contributed by atoms with Crippen LogP contribution < -0.4 is 5.32 Å². The first-order valence-corrected chi connectivity index (χ1v) is 31.8. The molecule has 1 fully saturated rings. The van der Waals surface area contributed by atoms with Crippen LogP contribution in [0.25, 0.3) is 0 Å². The van der Waals surface area contributed by atoms with E-state index < -0.39 is 67.4 Å². The number of rotatable bonds is 52. The highest BCUT2D eigenvalue weighted by atomic mass is 16.7. The van der Waals surface area contributed by atoms with E-state index in [1.807, 2.05) is 18.2 Å². The number of aliphatic hydroxyl groups is 5. The SMILES string of the molecule is CC/C=C\C/C=C\C/C=C\C/C=C\C/C=C\CCC(O)C(=O)NC(COC1OC(CO)C(O)C(O)C1OC(=O)CCCCCCCCC/C=C\C/C=C\C/C=C\C/C=C\CCCCC)C(O)/C=C/CCCCCCCCCCCC. The second-order valence-electron chi connectivity index (χ2n) is 21.4. The van der Waals surface area contributed by atoms with Crippen LogP contribution in [0.5, 0.6) is 0 Å². The highest BCUT2D eigenvalue weighted by Crippen LogP contribution is 2.26. The number of hydrogen-bond donors (Lipinski definition) is 6. The van der Waals surface area contributed by atoms with E-state index in [1.54, 1.807) is 6.08 Å². The van der Waals surface area contributed by atoms with Gasteiger partial charge in [-0.3, -0.25) is 9.59 Å². The lowest BCUT2D eigenvalue weighted by atomic mass is 9.99. The molecule has 11 nitrogen and oxygen atoms in total. The third-order valence-corrected chi connectivity index (χ3v) is 14.1. The molecule has 1 rings (SSSR count). The smallest absolute Gasteiger partial charge is 0.306 e. The van der Waals surface area contributed by atoms with Gasteiger partial charge in [-0.05, 0) is 109 Å². The molecule has 80 heavy (non-hydrogen) atoms. The minimum Gasteiger partial charge on any atom is -0.454 e. The summed E-state index contributed by atoms with van der Waals surface area (Å²) in [4.78, 5) is 26.5. The molecule has 1 aliphatic heterocycles.